The van der Waals surface area contributed by atoms with Crippen molar-refractivity contribution in [3.8, 4) is 5.75 Å². The monoisotopic (exact) mass is 290 g/mol. The quantitative estimate of drug-likeness (QED) is 0.912. The molecule has 2 rings (SSSR count). The molecular weight excluding hydrogens is 272 g/mol. The number of thiophene rings is 1. The molecule has 0 saturated heterocycles. The van der Waals surface area contributed by atoms with Crippen molar-refractivity contribution in [3.05, 3.63) is 45.6 Å². The Hall–Kier alpha value is -2.01. The predicted molar refractivity (Wildman–Crippen MR) is 82.1 cm³/mol. The summed E-state index contributed by atoms with van der Waals surface area (Å²) >= 11 is 1.39. The van der Waals surface area contributed by atoms with Crippen LogP contribution in [-0.4, -0.2) is 23.0 Å². The van der Waals surface area contributed by atoms with E-state index in [1.54, 1.807) is 30.1 Å². The van der Waals surface area contributed by atoms with Gasteiger partial charge in [-0.2, -0.15) is 0 Å². The number of nitrogen functional groups attached to an aromatic ring is 1. The molecule has 2 aromatic rings. The molecule has 20 heavy (non-hydrogen) atoms. The van der Waals surface area contributed by atoms with E-state index in [1.807, 2.05) is 26.0 Å². The van der Waals surface area contributed by atoms with Crippen LogP contribution in [0.3, 0.4) is 0 Å². The zero-order chi connectivity index (χ0) is 14.9. The van der Waals surface area contributed by atoms with Gasteiger partial charge in [-0.15, -0.1) is 11.3 Å². The zero-order valence-electron chi connectivity index (χ0n) is 11.8. The second-order valence-corrected chi connectivity index (χ2v) is 6.03. The predicted octanol–water partition coefficient (Wildman–Crippen LogP) is 3.18. The molecule has 0 spiro atoms. The van der Waals surface area contributed by atoms with Gasteiger partial charge in [0.05, 0.1) is 10.9 Å². The lowest BCUT2D eigenvalue weighted by Crippen LogP contribution is -2.29. The third-order valence-corrected chi connectivity index (χ3v) is 4.51. The third kappa shape index (κ3) is 2.63. The van der Waals surface area contributed by atoms with Crippen molar-refractivity contribution in [3.63, 3.8) is 0 Å². The van der Waals surface area contributed by atoms with Gasteiger partial charge in [0.25, 0.3) is 5.91 Å². The molecule has 1 unspecified atom stereocenters. The number of amides is 1. The molecule has 0 aliphatic rings. The number of para-hydroxylation sites is 1. The van der Waals surface area contributed by atoms with E-state index in [1.165, 1.54) is 11.3 Å². The summed E-state index contributed by atoms with van der Waals surface area (Å²) in [6.07, 6.45) is 0. The molecule has 0 aliphatic carbocycles. The summed E-state index contributed by atoms with van der Waals surface area (Å²) in [4.78, 5) is 15.6. The lowest BCUT2D eigenvalue weighted by Gasteiger charge is -2.25. The topological polar surface area (TPSA) is 66.6 Å². The smallest absolute Gasteiger partial charge is 0.264 e. The maximum atomic E-state index is 12.4. The zero-order valence-corrected chi connectivity index (χ0v) is 12.6. The van der Waals surface area contributed by atoms with E-state index < -0.39 is 0 Å². The van der Waals surface area contributed by atoms with E-state index >= 15 is 0 Å². The average Bonchev–Trinajstić information content (AvgIpc) is 2.77. The van der Waals surface area contributed by atoms with Crippen LogP contribution in [0.25, 0.3) is 0 Å². The average molecular weight is 290 g/mol. The van der Waals surface area contributed by atoms with Crippen LogP contribution in [0.1, 0.15) is 33.1 Å². The number of hydrogen-bond donors (Lipinski definition) is 2. The minimum atomic E-state index is -0.215. The van der Waals surface area contributed by atoms with Crippen molar-refractivity contribution < 1.29 is 9.90 Å². The van der Waals surface area contributed by atoms with Gasteiger partial charge in [-0.05, 0) is 26.0 Å². The summed E-state index contributed by atoms with van der Waals surface area (Å²) in [6.45, 7) is 3.78. The van der Waals surface area contributed by atoms with E-state index in [9.17, 15) is 9.90 Å². The molecular formula is C15H18N2O2S. The SMILES string of the molecule is Cc1sc(C(=O)N(C)C(C)c2ccccc2O)cc1N. The van der Waals surface area contributed by atoms with E-state index in [-0.39, 0.29) is 17.7 Å². The maximum Gasteiger partial charge on any atom is 0.264 e. The van der Waals surface area contributed by atoms with Crippen molar-refractivity contribution in [2.24, 2.45) is 0 Å². The van der Waals surface area contributed by atoms with Crippen molar-refractivity contribution in [2.75, 3.05) is 12.8 Å². The van der Waals surface area contributed by atoms with Gasteiger partial charge in [-0.1, -0.05) is 18.2 Å². The Bertz CT molecular complexity index is 617. The first-order valence-electron chi connectivity index (χ1n) is 6.32. The molecule has 1 aromatic heterocycles. The summed E-state index contributed by atoms with van der Waals surface area (Å²) in [5, 5.41) is 9.88. The van der Waals surface area contributed by atoms with E-state index in [4.69, 9.17) is 5.73 Å². The van der Waals surface area contributed by atoms with Crippen LogP contribution in [0, 0.1) is 6.92 Å². The first-order valence-corrected chi connectivity index (χ1v) is 7.14. The molecule has 0 fully saturated rings. The number of aryl methyl sites for hydroxylation is 1. The number of aromatic hydroxyl groups is 1. The van der Waals surface area contributed by atoms with Crippen LogP contribution < -0.4 is 5.73 Å². The van der Waals surface area contributed by atoms with Crippen molar-refractivity contribution >= 4 is 22.9 Å². The van der Waals surface area contributed by atoms with Crippen LogP contribution in [0.2, 0.25) is 0 Å². The molecule has 1 aromatic carbocycles. The van der Waals surface area contributed by atoms with Gasteiger partial charge < -0.3 is 15.7 Å². The minimum Gasteiger partial charge on any atom is -0.508 e. The normalized spacial score (nSPS) is 12.2. The van der Waals surface area contributed by atoms with Gasteiger partial charge in [0.15, 0.2) is 0 Å². The van der Waals surface area contributed by atoms with Crippen LogP contribution in [0.5, 0.6) is 5.75 Å². The van der Waals surface area contributed by atoms with Crippen LogP contribution >= 0.6 is 11.3 Å². The molecule has 0 radical (unpaired) electrons. The second-order valence-electron chi connectivity index (χ2n) is 4.77. The summed E-state index contributed by atoms with van der Waals surface area (Å²) in [5.41, 5.74) is 7.16. The Labute approximate surface area is 122 Å². The highest BCUT2D eigenvalue weighted by atomic mass is 32.1. The Morgan fingerprint density at radius 3 is 2.60 bits per heavy atom. The molecule has 4 nitrogen and oxygen atoms in total. The lowest BCUT2D eigenvalue weighted by molar-refractivity contribution is 0.0746. The van der Waals surface area contributed by atoms with Crippen molar-refractivity contribution in [2.45, 2.75) is 19.9 Å². The fourth-order valence-electron chi connectivity index (χ4n) is 2.00. The molecule has 0 bridgehead atoms. The summed E-state index contributed by atoms with van der Waals surface area (Å²) in [6, 6.07) is 8.53. The van der Waals surface area contributed by atoms with E-state index in [0.29, 0.717) is 10.6 Å². The number of hydrogen-bond acceptors (Lipinski definition) is 4. The third-order valence-electron chi connectivity index (χ3n) is 3.46. The largest absolute Gasteiger partial charge is 0.508 e. The number of rotatable bonds is 3. The number of phenols is 1. The van der Waals surface area contributed by atoms with Crippen LogP contribution in [0.15, 0.2) is 30.3 Å². The van der Waals surface area contributed by atoms with E-state index in [0.717, 1.165) is 10.4 Å². The fourth-order valence-corrected chi connectivity index (χ4v) is 2.92. The van der Waals surface area contributed by atoms with Gasteiger partial charge >= 0.3 is 0 Å². The highest BCUT2D eigenvalue weighted by Crippen LogP contribution is 2.30. The Balaban J connectivity index is 2.24. The maximum absolute atomic E-state index is 12.4. The standard InChI is InChI=1S/C15H18N2O2S/c1-9(11-6-4-5-7-13(11)18)17(3)15(19)14-8-12(16)10(2)20-14/h4-9,18H,16H2,1-3H3. The Morgan fingerprint density at radius 2 is 2.05 bits per heavy atom. The Kier molecular flexibility index (Phi) is 3.99. The number of nitrogens with two attached hydrogens (primary N) is 1. The molecule has 1 atom stereocenters. The molecule has 1 amide bonds. The summed E-state index contributed by atoms with van der Waals surface area (Å²) < 4.78 is 0. The minimum absolute atomic E-state index is 0.0921. The van der Waals surface area contributed by atoms with Gasteiger partial charge in [0.1, 0.15) is 5.75 Å². The van der Waals surface area contributed by atoms with E-state index in [2.05, 4.69) is 0 Å². The van der Waals surface area contributed by atoms with Crippen molar-refractivity contribution in [1.29, 1.82) is 0 Å². The molecule has 0 saturated carbocycles. The fraction of sp³-hybridized carbons (Fsp3) is 0.267. The second kappa shape index (κ2) is 5.54. The van der Waals surface area contributed by atoms with Gasteiger partial charge in [-0.3, -0.25) is 4.79 Å². The first-order chi connectivity index (χ1) is 9.41. The lowest BCUT2D eigenvalue weighted by atomic mass is 10.1. The van der Waals surface area contributed by atoms with Gasteiger partial charge in [-0.25, -0.2) is 0 Å². The van der Waals surface area contributed by atoms with Gasteiger partial charge in [0.2, 0.25) is 0 Å². The number of anilines is 1. The highest BCUT2D eigenvalue weighted by molar-refractivity contribution is 7.14. The number of carbonyl (C=O) groups is 1. The van der Waals surface area contributed by atoms with Crippen LogP contribution in [0.4, 0.5) is 5.69 Å². The summed E-state index contributed by atoms with van der Waals surface area (Å²) in [5.74, 6) is 0.104. The number of nitrogens with zero attached hydrogens (tertiary/aromatic N) is 1. The number of phenolic OH excluding ortho intramolecular Hbond substituents is 1. The van der Waals surface area contributed by atoms with Crippen molar-refractivity contribution in [1.82, 2.24) is 4.90 Å². The molecule has 106 valence electrons. The first kappa shape index (κ1) is 14.4. The number of benzene rings is 1. The Morgan fingerprint density at radius 1 is 1.40 bits per heavy atom. The molecule has 3 N–H and O–H groups in total. The number of carbonyl (C=O) groups excluding carboxylic acids is 1. The van der Waals surface area contributed by atoms with Crippen LogP contribution in [-0.2, 0) is 0 Å². The molecule has 5 heteroatoms. The molecule has 1 heterocycles. The molecule has 0 aliphatic heterocycles. The summed E-state index contributed by atoms with van der Waals surface area (Å²) in [7, 11) is 1.73. The van der Waals surface area contributed by atoms with Gasteiger partial charge in [0, 0.05) is 23.2 Å². The highest BCUT2D eigenvalue weighted by Gasteiger charge is 2.22.